The summed E-state index contributed by atoms with van der Waals surface area (Å²) in [6, 6.07) is 5.72. The fourth-order valence-electron chi connectivity index (χ4n) is 3.56. The number of aromatic nitrogens is 2. The molecule has 1 aromatic carbocycles. The molecule has 2 heterocycles. The first-order valence-corrected chi connectivity index (χ1v) is 8.97. The minimum absolute atomic E-state index is 0.0551. The summed E-state index contributed by atoms with van der Waals surface area (Å²) in [4.78, 5) is 38.2. The van der Waals surface area contributed by atoms with Gasteiger partial charge < -0.3 is 10.2 Å². The highest BCUT2D eigenvalue weighted by atomic mass is 16.2. The average molecular weight is 358 g/mol. The first-order chi connectivity index (χ1) is 12.3. The molecule has 1 aliphatic heterocycles. The van der Waals surface area contributed by atoms with Crippen molar-refractivity contribution in [2.45, 2.75) is 26.8 Å². The van der Waals surface area contributed by atoms with E-state index >= 15 is 0 Å². The van der Waals surface area contributed by atoms with Gasteiger partial charge in [0.1, 0.15) is 0 Å². The number of imidazole rings is 1. The third-order valence-electron chi connectivity index (χ3n) is 4.97. The van der Waals surface area contributed by atoms with Crippen LogP contribution < -0.4 is 11.0 Å². The van der Waals surface area contributed by atoms with Crippen molar-refractivity contribution in [2.24, 2.45) is 25.9 Å². The highest BCUT2D eigenvalue weighted by molar-refractivity contribution is 5.89. The normalized spacial score (nSPS) is 17.5. The Labute approximate surface area is 152 Å². The molecule has 2 aromatic rings. The molecule has 0 radical (unpaired) electrons. The number of carbonyl (C=O) groups is 2. The molecular weight excluding hydrogens is 332 g/mol. The number of fused-ring (bicyclic) bond motifs is 1. The molecule has 1 aliphatic rings. The van der Waals surface area contributed by atoms with Crippen LogP contribution in [0.4, 0.5) is 0 Å². The molecule has 7 nitrogen and oxygen atoms in total. The van der Waals surface area contributed by atoms with Gasteiger partial charge in [-0.2, -0.15) is 0 Å². The molecule has 26 heavy (non-hydrogen) atoms. The number of hydrogen-bond acceptors (Lipinski definition) is 3. The van der Waals surface area contributed by atoms with E-state index in [1.165, 1.54) is 0 Å². The van der Waals surface area contributed by atoms with Gasteiger partial charge in [-0.15, -0.1) is 0 Å². The Bertz CT molecular complexity index is 909. The van der Waals surface area contributed by atoms with Crippen molar-refractivity contribution in [2.75, 3.05) is 13.1 Å². The van der Waals surface area contributed by atoms with Gasteiger partial charge in [0.05, 0.1) is 17.0 Å². The summed E-state index contributed by atoms with van der Waals surface area (Å²) in [6.07, 6.45) is 0.283. The van der Waals surface area contributed by atoms with Crippen LogP contribution in [0, 0.1) is 11.8 Å². The van der Waals surface area contributed by atoms with Gasteiger partial charge in [-0.1, -0.05) is 19.9 Å². The van der Waals surface area contributed by atoms with Crippen molar-refractivity contribution in [3.05, 3.63) is 34.2 Å². The Kier molecular flexibility index (Phi) is 4.89. The van der Waals surface area contributed by atoms with Crippen LogP contribution in [0.15, 0.2) is 23.0 Å². The molecule has 1 atom stereocenters. The summed E-state index contributed by atoms with van der Waals surface area (Å²) in [7, 11) is 3.48. The van der Waals surface area contributed by atoms with Crippen LogP contribution in [0.25, 0.3) is 11.0 Å². The highest BCUT2D eigenvalue weighted by Gasteiger charge is 2.34. The zero-order chi connectivity index (χ0) is 19.0. The van der Waals surface area contributed by atoms with E-state index in [2.05, 4.69) is 19.2 Å². The van der Waals surface area contributed by atoms with Gasteiger partial charge in [-0.25, -0.2) is 4.79 Å². The number of carbonyl (C=O) groups excluding carboxylic acids is 2. The molecule has 0 spiro atoms. The molecule has 0 aliphatic carbocycles. The number of aryl methyl sites for hydroxylation is 2. The summed E-state index contributed by atoms with van der Waals surface area (Å²) in [5.74, 6) is 0.0716. The van der Waals surface area contributed by atoms with Crippen molar-refractivity contribution < 1.29 is 9.59 Å². The predicted octanol–water partition coefficient (Wildman–Crippen LogP) is 0.998. The average Bonchev–Trinajstić information content (AvgIpc) is 3.06. The van der Waals surface area contributed by atoms with Crippen molar-refractivity contribution in [3.63, 3.8) is 0 Å². The zero-order valence-corrected chi connectivity index (χ0v) is 15.8. The lowest BCUT2D eigenvalue weighted by atomic mass is 10.1. The third-order valence-corrected chi connectivity index (χ3v) is 4.97. The molecule has 1 N–H and O–H groups in total. The standard InChI is InChI=1S/C19H26N4O3/c1-12(2)10-23-11-14(8-17(23)24)18(25)20-9-13-5-6-15-16(7-13)22(4)19(26)21(15)3/h5-7,12,14H,8-11H2,1-4H3,(H,20,25). The summed E-state index contributed by atoms with van der Waals surface area (Å²) >= 11 is 0. The Balaban J connectivity index is 1.65. The summed E-state index contributed by atoms with van der Waals surface area (Å²) in [5.41, 5.74) is 2.55. The van der Waals surface area contributed by atoms with Gasteiger partial charge in [-0.05, 0) is 23.6 Å². The van der Waals surface area contributed by atoms with E-state index in [-0.39, 0.29) is 29.8 Å². The van der Waals surface area contributed by atoms with E-state index in [0.29, 0.717) is 25.6 Å². The molecule has 2 amide bonds. The smallest absolute Gasteiger partial charge is 0.328 e. The molecule has 7 heteroatoms. The minimum Gasteiger partial charge on any atom is -0.352 e. The van der Waals surface area contributed by atoms with Gasteiger partial charge in [-0.3, -0.25) is 18.7 Å². The highest BCUT2D eigenvalue weighted by Crippen LogP contribution is 2.20. The Hall–Kier alpha value is -2.57. The summed E-state index contributed by atoms with van der Waals surface area (Å²) in [6.45, 7) is 5.70. The number of benzene rings is 1. The molecular formula is C19H26N4O3. The van der Waals surface area contributed by atoms with E-state index in [4.69, 9.17) is 0 Å². The quantitative estimate of drug-likeness (QED) is 0.866. The van der Waals surface area contributed by atoms with Gasteiger partial charge in [0, 0.05) is 40.2 Å². The lowest BCUT2D eigenvalue weighted by Gasteiger charge is -2.18. The molecule has 1 aromatic heterocycles. The maximum Gasteiger partial charge on any atom is 0.328 e. The second-order valence-electron chi connectivity index (χ2n) is 7.54. The number of nitrogens with one attached hydrogen (secondary N) is 1. The van der Waals surface area contributed by atoms with Crippen LogP contribution in [0.2, 0.25) is 0 Å². The van der Waals surface area contributed by atoms with Gasteiger partial charge >= 0.3 is 5.69 Å². The second kappa shape index (κ2) is 6.97. The maximum absolute atomic E-state index is 12.4. The van der Waals surface area contributed by atoms with Gasteiger partial charge in [0.15, 0.2) is 0 Å². The van der Waals surface area contributed by atoms with Gasteiger partial charge in [0.2, 0.25) is 11.8 Å². The zero-order valence-electron chi connectivity index (χ0n) is 15.8. The van der Waals surface area contributed by atoms with Crippen molar-refractivity contribution in [1.82, 2.24) is 19.4 Å². The lowest BCUT2D eigenvalue weighted by molar-refractivity contribution is -0.129. The van der Waals surface area contributed by atoms with E-state index in [1.54, 1.807) is 28.1 Å². The minimum atomic E-state index is -0.286. The lowest BCUT2D eigenvalue weighted by Crippen LogP contribution is -2.33. The second-order valence-corrected chi connectivity index (χ2v) is 7.54. The van der Waals surface area contributed by atoms with Crippen LogP contribution in [-0.2, 0) is 30.2 Å². The topological polar surface area (TPSA) is 76.3 Å². The summed E-state index contributed by atoms with van der Waals surface area (Å²) in [5, 5.41) is 2.93. The molecule has 140 valence electrons. The molecule has 1 unspecified atom stereocenters. The van der Waals surface area contributed by atoms with Crippen molar-refractivity contribution in [1.29, 1.82) is 0 Å². The van der Waals surface area contributed by atoms with Crippen LogP contribution in [0.3, 0.4) is 0 Å². The number of rotatable bonds is 5. The van der Waals surface area contributed by atoms with Crippen LogP contribution in [0.5, 0.6) is 0 Å². The van der Waals surface area contributed by atoms with E-state index in [1.807, 2.05) is 18.2 Å². The monoisotopic (exact) mass is 358 g/mol. The number of hydrogen-bond donors (Lipinski definition) is 1. The van der Waals surface area contributed by atoms with Crippen molar-refractivity contribution in [3.8, 4) is 0 Å². The number of amides is 2. The fourth-order valence-corrected chi connectivity index (χ4v) is 3.56. The Morgan fingerprint density at radius 3 is 2.58 bits per heavy atom. The number of likely N-dealkylation sites (tertiary alicyclic amines) is 1. The van der Waals surface area contributed by atoms with Crippen LogP contribution in [0.1, 0.15) is 25.8 Å². The first-order valence-electron chi connectivity index (χ1n) is 8.97. The number of nitrogens with zero attached hydrogens (tertiary/aromatic N) is 3. The molecule has 0 saturated carbocycles. The first kappa shape index (κ1) is 18.2. The van der Waals surface area contributed by atoms with Gasteiger partial charge in [0.25, 0.3) is 0 Å². The Morgan fingerprint density at radius 2 is 1.88 bits per heavy atom. The SMILES string of the molecule is CC(C)CN1CC(C(=O)NCc2ccc3c(c2)n(C)c(=O)n3C)CC1=O. The van der Waals surface area contributed by atoms with Crippen molar-refractivity contribution >= 4 is 22.8 Å². The molecule has 1 saturated heterocycles. The van der Waals surface area contributed by atoms with Crippen LogP contribution in [-0.4, -0.2) is 38.9 Å². The summed E-state index contributed by atoms with van der Waals surface area (Å²) < 4.78 is 3.20. The van der Waals surface area contributed by atoms with Crippen LogP contribution >= 0.6 is 0 Å². The Morgan fingerprint density at radius 1 is 1.19 bits per heavy atom. The van der Waals surface area contributed by atoms with E-state index in [0.717, 1.165) is 16.6 Å². The van der Waals surface area contributed by atoms with E-state index in [9.17, 15) is 14.4 Å². The fraction of sp³-hybridized carbons (Fsp3) is 0.526. The maximum atomic E-state index is 12.4. The predicted molar refractivity (Wildman–Crippen MR) is 99.5 cm³/mol. The molecule has 1 fully saturated rings. The molecule has 0 bridgehead atoms. The third kappa shape index (κ3) is 3.38. The molecule has 3 rings (SSSR count). The van der Waals surface area contributed by atoms with E-state index < -0.39 is 0 Å². The largest absolute Gasteiger partial charge is 0.352 e.